The second-order valence-electron chi connectivity index (χ2n) is 6.22. The van der Waals surface area contributed by atoms with Gasteiger partial charge in [-0.05, 0) is 19.3 Å². The predicted octanol–water partition coefficient (Wildman–Crippen LogP) is 2.05. The number of ether oxygens (including phenoxy) is 2. The number of benzene rings is 1. The largest absolute Gasteiger partial charge is 0.486 e. The number of nitrogens with one attached hydrogen (secondary N) is 1. The van der Waals surface area contributed by atoms with Crippen molar-refractivity contribution >= 4 is 34.0 Å². The summed E-state index contributed by atoms with van der Waals surface area (Å²) in [4.78, 5) is 0.0983. The Kier molecular flexibility index (Phi) is 5.18. The number of hydrogen-bond acceptors (Lipinski definition) is 5. The van der Waals surface area contributed by atoms with Gasteiger partial charge in [0, 0.05) is 37.3 Å². The van der Waals surface area contributed by atoms with Crippen LogP contribution in [0.1, 0.15) is 19.3 Å². The summed E-state index contributed by atoms with van der Waals surface area (Å²) < 4.78 is 38.6. The lowest BCUT2D eigenvalue weighted by Crippen LogP contribution is -2.39. The first-order valence-electron chi connectivity index (χ1n) is 7.89. The summed E-state index contributed by atoms with van der Waals surface area (Å²) in [5.41, 5.74) is 0. The highest BCUT2D eigenvalue weighted by molar-refractivity contribution is 7.89. The van der Waals surface area contributed by atoms with Crippen LogP contribution in [0.3, 0.4) is 0 Å². The summed E-state index contributed by atoms with van der Waals surface area (Å²) in [6, 6.07) is 3.68. The molecule has 1 aromatic carbocycles. The van der Waals surface area contributed by atoms with Crippen LogP contribution >= 0.6 is 24.0 Å². The number of hydrogen-bond donors (Lipinski definition) is 1. The van der Waals surface area contributed by atoms with E-state index in [4.69, 9.17) is 21.1 Å². The topological polar surface area (TPSA) is 67.9 Å². The fourth-order valence-corrected chi connectivity index (χ4v) is 5.52. The molecule has 0 aliphatic carbocycles. The Morgan fingerprint density at radius 3 is 2.50 bits per heavy atom. The van der Waals surface area contributed by atoms with Crippen molar-refractivity contribution in [3.05, 3.63) is 17.2 Å². The number of fused-ring (bicyclic) bond motifs is 3. The van der Waals surface area contributed by atoms with E-state index >= 15 is 0 Å². The first-order valence-corrected chi connectivity index (χ1v) is 9.71. The van der Waals surface area contributed by atoms with Crippen molar-refractivity contribution in [1.82, 2.24) is 9.62 Å². The summed E-state index contributed by atoms with van der Waals surface area (Å²) in [5, 5.41) is 3.66. The Labute approximate surface area is 152 Å². The van der Waals surface area contributed by atoms with Gasteiger partial charge < -0.3 is 14.8 Å². The van der Waals surface area contributed by atoms with E-state index in [1.165, 1.54) is 12.1 Å². The molecule has 2 fully saturated rings. The molecule has 0 radical (unpaired) electrons. The minimum atomic E-state index is -3.65. The average Bonchev–Trinajstić information content (AvgIpc) is 2.85. The van der Waals surface area contributed by atoms with Crippen molar-refractivity contribution in [2.24, 2.45) is 0 Å². The standard InChI is InChI=1S/C15H19ClN2O4S.ClH/c16-12-7-13-14(22-6-5-21-13)8-15(12)23(19,20)18-4-3-10-1-2-11(9-18)17-10;/h7-8,10-11,17H,1-6,9H2;1H. The zero-order valence-electron chi connectivity index (χ0n) is 13.0. The third kappa shape index (κ3) is 3.20. The maximum atomic E-state index is 13.0. The molecule has 134 valence electrons. The minimum Gasteiger partial charge on any atom is -0.486 e. The highest BCUT2D eigenvalue weighted by Crippen LogP contribution is 2.38. The quantitative estimate of drug-likeness (QED) is 0.830. The van der Waals surface area contributed by atoms with Gasteiger partial charge in [-0.2, -0.15) is 4.31 Å². The van der Waals surface area contributed by atoms with Crippen molar-refractivity contribution in [3.63, 3.8) is 0 Å². The van der Waals surface area contributed by atoms with Crippen molar-refractivity contribution in [2.75, 3.05) is 26.3 Å². The van der Waals surface area contributed by atoms with E-state index in [2.05, 4.69) is 5.32 Å². The molecule has 2 saturated heterocycles. The van der Waals surface area contributed by atoms with E-state index in [0.29, 0.717) is 43.8 Å². The molecular formula is C15H20Cl2N2O4S. The highest BCUT2D eigenvalue weighted by atomic mass is 35.5. The molecule has 1 N–H and O–H groups in total. The Hall–Kier alpha value is -0.730. The van der Waals surface area contributed by atoms with E-state index in [0.717, 1.165) is 19.3 Å². The molecular weight excluding hydrogens is 375 g/mol. The van der Waals surface area contributed by atoms with Crippen LogP contribution in [0.4, 0.5) is 0 Å². The molecule has 24 heavy (non-hydrogen) atoms. The average molecular weight is 395 g/mol. The molecule has 3 aliphatic heterocycles. The molecule has 2 bridgehead atoms. The van der Waals surface area contributed by atoms with Gasteiger partial charge in [0.2, 0.25) is 10.0 Å². The van der Waals surface area contributed by atoms with Gasteiger partial charge in [0.15, 0.2) is 11.5 Å². The number of rotatable bonds is 2. The monoisotopic (exact) mass is 394 g/mol. The fraction of sp³-hybridized carbons (Fsp3) is 0.600. The van der Waals surface area contributed by atoms with Crippen LogP contribution in [-0.2, 0) is 10.0 Å². The molecule has 0 saturated carbocycles. The minimum absolute atomic E-state index is 0. The second-order valence-corrected chi connectivity index (χ2v) is 8.53. The van der Waals surface area contributed by atoms with E-state index in [1.54, 1.807) is 4.31 Å². The van der Waals surface area contributed by atoms with Crippen LogP contribution in [0.2, 0.25) is 5.02 Å². The Bertz CT molecular complexity index is 728. The van der Waals surface area contributed by atoms with Gasteiger partial charge in [0.25, 0.3) is 0 Å². The first kappa shape index (κ1) is 18.1. The molecule has 9 heteroatoms. The third-order valence-electron chi connectivity index (χ3n) is 4.70. The van der Waals surface area contributed by atoms with Crippen molar-refractivity contribution < 1.29 is 17.9 Å². The number of halogens is 2. The zero-order chi connectivity index (χ0) is 16.0. The lowest BCUT2D eigenvalue weighted by molar-refractivity contribution is 0.171. The Morgan fingerprint density at radius 1 is 1.08 bits per heavy atom. The maximum Gasteiger partial charge on any atom is 0.244 e. The summed E-state index contributed by atoms with van der Waals surface area (Å²) in [6.07, 6.45) is 2.98. The molecule has 4 rings (SSSR count). The summed E-state index contributed by atoms with van der Waals surface area (Å²) in [7, 11) is -3.65. The van der Waals surface area contributed by atoms with Gasteiger partial charge in [0.1, 0.15) is 18.1 Å². The van der Waals surface area contributed by atoms with Crippen molar-refractivity contribution in [2.45, 2.75) is 36.2 Å². The second kappa shape index (κ2) is 6.88. The van der Waals surface area contributed by atoms with Gasteiger partial charge in [-0.25, -0.2) is 8.42 Å². The van der Waals surface area contributed by atoms with Crippen LogP contribution in [0.25, 0.3) is 0 Å². The van der Waals surface area contributed by atoms with Gasteiger partial charge >= 0.3 is 0 Å². The highest BCUT2D eigenvalue weighted by Gasteiger charge is 2.36. The van der Waals surface area contributed by atoms with Gasteiger partial charge in [-0.15, -0.1) is 12.4 Å². The van der Waals surface area contributed by atoms with Crippen LogP contribution in [0.15, 0.2) is 17.0 Å². The van der Waals surface area contributed by atoms with Crippen LogP contribution < -0.4 is 14.8 Å². The molecule has 2 unspecified atom stereocenters. The van der Waals surface area contributed by atoms with Gasteiger partial charge in [-0.1, -0.05) is 11.6 Å². The lowest BCUT2D eigenvalue weighted by Gasteiger charge is -2.25. The van der Waals surface area contributed by atoms with E-state index < -0.39 is 10.0 Å². The number of nitrogens with zero attached hydrogens (tertiary/aromatic N) is 1. The maximum absolute atomic E-state index is 13.0. The molecule has 3 aliphatic rings. The van der Waals surface area contributed by atoms with E-state index in [9.17, 15) is 8.42 Å². The lowest BCUT2D eigenvalue weighted by atomic mass is 10.1. The fourth-order valence-electron chi connectivity index (χ4n) is 3.51. The van der Waals surface area contributed by atoms with Gasteiger partial charge in [-0.3, -0.25) is 0 Å². The smallest absolute Gasteiger partial charge is 0.244 e. The van der Waals surface area contributed by atoms with E-state index in [-0.39, 0.29) is 28.4 Å². The van der Waals surface area contributed by atoms with Crippen molar-refractivity contribution in [3.8, 4) is 11.5 Å². The summed E-state index contributed by atoms with van der Waals surface area (Å²) >= 11 is 6.23. The molecule has 0 spiro atoms. The van der Waals surface area contributed by atoms with Gasteiger partial charge in [0.05, 0.1) is 5.02 Å². The van der Waals surface area contributed by atoms with Crippen molar-refractivity contribution in [1.29, 1.82) is 0 Å². The third-order valence-corrected chi connectivity index (χ3v) is 7.03. The Morgan fingerprint density at radius 2 is 1.75 bits per heavy atom. The molecule has 1 aromatic rings. The van der Waals surface area contributed by atoms with Crippen LogP contribution in [0, 0.1) is 0 Å². The molecule has 0 amide bonds. The van der Waals surface area contributed by atoms with Crippen LogP contribution in [0.5, 0.6) is 11.5 Å². The first-order chi connectivity index (χ1) is 11.0. The molecule has 0 aromatic heterocycles. The summed E-state index contributed by atoms with van der Waals surface area (Å²) in [5.74, 6) is 0.936. The SMILES string of the molecule is Cl.O=S(=O)(c1cc2c(cc1Cl)OCCO2)N1CCC2CCC(C1)N2. The summed E-state index contributed by atoms with van der Waals surface area (Å²) in [6.45, 7) is 1.85. The Balaban J connectivity index is 0.00000169. The molecule has 2 atom stereocenters. The molecule has 6 nitrogen and oxygen atoms in total. The zero-order valence-corrected chi connectivity index (χ0v) is 15.4. The normalized spacial score (nSPS) is 26.5. The van der Waals surface area contributed by atoms with Crippen LogP contribution in [-0.4, -0.2) is 51.1 Å². The number of sulfonamides is 1. The predicted molar refractivity (Wildman–Crippen MR) is 93.0 cm³/mol. The van der Waals surface area contributed by atoms with E-state index in [1.807, 2.05) is 0 Å². The molecule has 3 heterocycles.